The van der Waals surface area contributed by atoms with Gasteiger partial charge in [-0.05, 0) is 30.9 Å². The van der Waals surface area contributed by atoms with Gasteiger partial charge in [-0.15, -0.1) is 0 Å². The molecule has 0 aliphatic heterocycles. The second-order valence-corrected chi connectivity index (χ2v) is 5.64. The van der Waals surface area contributed by atoms with Gasteiger partial charge < -0.3 is 5.32 Å². The molecule has 0 radical (unpaired) electrons. The van der Waals surface area contributed by atoms with Crippen LogP contribution in [0.25, 0.3) is 0 Å². The number of halogens is 3. The molecule has 106 valence electrons. The Morgan fingerprint density at radius 1 is 1.47 bits per heavy atom. The molecule has 0 aliphatic carbocycles. The second-order valence-electron chi connectivity index (χ2n) is 4.44. The summed E-state index contributed by atoms with van der Waals surface area (Å²) in [6.07, 6.45) is 3.11. The van der Waals surface area contributed by atoms with Crippen molar-refractivity contribution in [3.63, 3.8) is 0 Å². The zero-order chi connectivity index (χ0) is 14.3. The van der Waals surface area contributed by atoms with Crippen LogP contribution < -0.4 is 5.32 Å². The molecule has 5 heteroatoms. The van der Waals surface area contributed by atoms with E-state index >= 15 is 0 Å². The maximum absolute atomic E-state index is 13.7. The molecule has 1 unspecified atom stereocenters. The molecular formula is C14H18BrClFNO. The van der Waals surface area contributed by atoms with E-state index in [0.29, 0.717) is 12.5 Å². The molecule has 0 fully saturated rings. The first-order valence-corrected chi connectivity index (χ1v) is 7.88. The van der Waals surface area contributed by atoms with Crippen molar-refractivity contribution >= 4 is 33.4 Å². The van der Waals surface area contributed by atoms with Gasteiger partial charge in [-0.2, -0.15) is 0 Å². The molecule has 0 spiro atoms. The summed E-state index contributed by atoms with van der Waals surface area (Å²) in [7, 11) is 0. The predicted molar refractivity (Wildman–Crippen MR) is 80.6 cm³/mol. The zero-order valence-corrected chi connectivity index (χ0v) is 13.2. The van der Waals surface area contributed by atoms with Crippen molar-refractivity contribution < 1.29 is 9.18 Å². The molecule has 0 heterocycles. The van der Waals surface area contributed by atoms with Crippen molar-refractivity contribution in [2.45, 2.75) is 26.2 Å². The third-order valence-corrected chi connectivity index (χ3v) is 3.71. The van der Waals surface area contributed by atoms with Crippen LogP contribution in [-0.4, -0.2) is 17.8 Å². The lowest BCUT2D eigenvalue weighted by Crippen LogP contribution is -2.30. The second kappa shape index (κ2) is 8.54. The normalized spacial score (nSPS) is 12.2. The maximum atomic E-state index is 13.7. The molecule has 1 rings (SSSR count). The van der Waals surface area contributed by atoms with Crippen LogP contribution in [0.1, 0.15) is 36.5 Å². The molecule has 1 aromatic carbocycles. The van der Waals surface area contributed by atoms with Crippen LogP contribution in [0.2, 0.25) is 5.02 Å². The predicted octanol–water partition coefficient (Wildman–Crippen LogP) is 4.41. The molecule has 0 aromatic heterocycles. The van der Waals surface area contributed by atoms with E-state index in [0.717, 1.165) is 24.6 Å². The van der Waals surface area contributed by atoms with E-state index in [-0.39, 0.29) is 10.6 Å². The lowest BCUT2D eigenvalue weighted by molar-refractivity contribution is 0.0942. The van der Waals surface area contributed by atoms with Gasteiger partial charge in [-0.25, -0.2) is 4.39 Å². The minimum absolute atomic E-state index is 0.00147. The Hall–Kier alpha value is -0.610. The van der Waals surface area contributed by atoms with E-state index in [1.54, 1.807) is 6.07 Å². The minimum Gasteiger partial charge on any atom is -0.352 e. The lowest BCUT2D eigenvalue weighted by Gasteiger charge is -2.15. The van der Waals surface area contributed by atoms with Crippen molar-refractivity contribution in [2.24, 2.45) is 5.92 Å². The van der Waals surface area contributed by atoms with Gasteiger partial charge in [0, 0.05) is 11.9 Å². The number of benzene rings is 1. The summed E-state index contributed by atoms with van der Waals surface area (Å²) in [6.45, 7) is 2.67. The van der Waals surface area contributed by atoms with Crippen LogP contribution in [0.5, 0.6) is 0 Å². The standard InChI is InChI=1S/C14H18BrClFNO/c1-2-4-10(7-8-15)9-18-14(19)11-5-3-6-12(16)13(11)17/h3,5-6,10H,2,4,7-9H2,1H3,(H,18,19). The van der Waals surface area contributed by atoms with Crippen molar-refractivity contribution in [3.8, 4) is 0 Å². The fraction of sp³-hybridized carbons (Fsp3) is 0.500. The van der Waals surface area contributed by atoms with E-state index in [1.165, 1.54) is 12.1 Å². The average Bonchev–Trinajstić information content (AvgIpc) is 2.39. The summed E-state index contributed by atoms with van der Waals surface area (Å²) in [5, 5.41) is 3.65. The van der Waals surface area contributed by atoms with Gasteiger partial charge in [0.15, 0.2) is 5.82 Å². The summed E-state index contributed by atoms with van der Waals surface area (Å²) in [5.41, 5.74) is 0.00147. The zero-order valence-electron chi connectivity index (χ0n) is 10.9. The summed E-state index contributed by atoms with van der Waals surface area (Å²) < 4.78 is 13.7. The van der Waals surface area contributed by atoms with E-state index in [1.807, 2.05) is 0 Å². The fourth-order valence-corrected chi connectivity index (χ4v) is 2.74. The number of alkyl halides is 1. The van der Waals surface area contributed by atoms with Crippen molar-refractivity contribution in [3.05, 3.63) is 34.6 Å². The number of hydrogen-bond acceptors (Lipinski definition) is 1. The van der Waals surface area contributed by atoms with Crippen LogP contribution in [-0.2, 0) is 0 Å². The summed E-state index contributed by atoms with van der Waals surface area (Å²) >= 11 is 9.06. The highest BCUT2D eigenvalue weighted by Gasteiger charge is 2.15. The van der Waals surface area contributed by atoms with Crippen LogP contribution in [0.15, 0.2) is 18.2 Å². The van der Waals surface area contributed by atoms with Crippen LogP contribution in [0, 0.1) is 11.7 Å². The number of carbonyl (C=O) groups is 1. The molecule has 2 nitrogen and oxygen atoms in total. The van der Waals surface area contributed by atoms with Gasteiger partial charge in [0.05, 0.1) is 10.6 Å². The first-order valence-electron chi connectivity index (χ1n) is 6.38. The molecule has 0 aliphatic rings. The van der Waals surface area contributed by atoms with Crippen LogP contribution in [0.4, 0.5) is 4.39 Å². The molecule has 1 atom stereocenters. The molecule has 0 saturated heterocycles. The number of rotatable bonds is 7. The molecule has 1 amide bonds. The van der Waals surface area contributed by atoms with E-state index in [9.17, 15) is 9.18 Å². The van der Waals surface area contributed by atoms with Gasteiger partial charge in [0.25, 0.3) is 5.91 Å². The van der Waals surface area contributed by atoms with Crippen LogP contribution >= 0.6 is 27.5 Å². The van der Waals surface area contributed by atoms with E-state index < -0.39 is 11.7 Å². The van der Waals surface area contributed by atoms with Gasteiger partial charge in [0.1, 0.15) is 0 Å². The third kappa shape index (κ3) is 5.11. The highest BCUT2D eigenvalue weighted by molar-refractivity contribution is 9.09. The smallest absolute Gasteiger partial charge is 0.254 e. The number of hydrogen-bond donors (Lipinski definition) is 1. The first kappa shape index (κ1) is 16.4. The first-order chi connectivity index (χ1) is 9.10. The molecular weight excluding hydrogens is 333 g/mol. The third-order valence-electron chi connectivity index (χ3n) is 2.96. The summed E-state index contributed by atoms with van der Waals surface area (Å²) in [6, 6.07) is 4.44. The molecule has 1 N–H and O–H groups in total. The highest BCUT2D eigenvalue weighted by atomic mass is 79.9. The highest BCUT2D eigenvalue weighted by Crippen LogP contribution is 2.18. The van der Waals surface area contributed by atoms with Gasteiger partial charge in [-0.3, -0.25) is 4.79 Å². The summed E-state index contributed by atoms with van der Waals surface area (Å²) in [4.78, 5) is 11.9. The Kier molecular flexibility index (Phi) is 7.39. The largest absolute Gasteiger partial charge is 0.352 e. The van der Waals surface area contributed by atoms with Crippen molar-refractivity contribution in [1.82, 2.24) is 5.32 Å². The number of amides is 1. The summed E-state index contributed by atoms with van der Waals surface area (Å²) in [5.74, 6) is -0.652. The Labute approximate surface area is 126 Å². The lowest BCUT2D eigenvalue weighted by atomic mass is 10.0. The quantitative estimate of drug-likeness (QED) is 0.725. The van der Waals surface area contributed by atoms with Crippen molar-refractivity contribution in [1.29, 1.82) is 0 Å². The maximum Gasteiger partial charge on any atom is 0.254 e. The number of carbonyl (C=O) groups excluding carboxylic acids is 1. The van der Waals surface area contributed by atoms with E-state index in [2.05, 4.69) is 28.2 Å². The monoisotopic (exact) mass is 349 g/mol. The number of nitrogens with one attached hydrogen (secondary N) is 1. The Bertz CT molecular complexity index is 422. The fourth-order valence-electron chi connectivity index (χ4n) is 1.92. The Morgan fingerprint density at radius 2 is 2.21 bits per heavy atom. The van der Waals surface area contributed by atoms with Gasteiger partial charge in [0.2, 0.25) is 0 Å². The average molecular weight is 351 g/mol. The SMILES string of the molecule is CCCC(CCBr)CNC(=O)c1cccc(Cl)c1F. The van der Waals surface area contributed by atoms with Gasteiger partial charge >= 0.3 is 0 Å². The van der Waals surface area contributed by atoms with Crippen molar-refractivity contribution in [2.75, 3.05) is 11.9 Å². The molecule has 19 heavy (non-hydrogen) atoms. The van der Waals surface area contributed by atoms with Gasteiger partial charge in [-0.1, -0.05) is 46.9 Å². The topological polar surface area (TPSA) is 29.1 Å². The van der Waals surface area contributed by atoms with E-state index in [4.69, 9.17) is 11.6 Å². The Balaban J connectivity index is 2.61. The van der Waals surface area contributed by atoms with Crippen LogP contribution in [0.3, 0.4) is 0 Å². The minimum atomic E-state index is -0.658. The molecule has 0 bridgehead atoms. The molecule has 0 saturated carbocycles. The Morgan fingerprint density at radius 3 is 2.84 bits per heavy atom. The molecule has 1 aromatic rings.